The van der Waals surface area contributed by atoms with Gasteiger partial charge >= 0.3 is 0 Å². The molecular weight excluding hydrogens is 448 g/mol. The zero-order chi connectivity index (χ0) is 23.4. The summed E-state index contributed by atoms with van der Waals surface area (Å²) in [5.74, 6) is 1.57. The van der Waals surface area contributed by atoms with Gasteiger partial charge in [-0.2, -0.15) is 9.67 Å². The molecule has 2 aromatic carbocycles. The lowest BCUT2D eigenvalue weighted by Crippen LogP contribution is -2.18. The number of nitrogens with one attached hydrogen (secondary N) is 1. The molecule has 2 heterocycles. The standard InChI is InChI=1S/C23H21ClN4O5/c1-30-18-11-15(12-19(31-2)20(18)32-3)22(29)28-23(25-13-14-6-8-16(24)9-7-14)26-21(27-28)17-5-4-10-33-17/h4-12H,13H2,1-3H3,(H,25,26,27). The Morgan fingerprint density at radius 3 is 2.33 bits per heavy atom. The van der Waals surface area contributed by atoms with Gasteiger partial charge < -0.3 is 23.9 Å². The van der Waals surface area contributed by atoms with Crippen molar-refractivity contribution in [1.29, 1.82) is 0 Å². The van der Waals surface area contributed by atoms with E-state index in [9.17, 15) is 4.79 Å². The van der Waals surface area contributed by atoms with Crippen LogP contribution in [0.2, 0.25) is 5.02 Å². The van der Waals surface area contributed by atoms with Crippen molar-refractivity contribution in [1.82, 2.24) is 14.8 Å². The normalized spacial score (nSPS) is 10.7. The minimum atomic E-state index is -0.446. The lowest BCUT2D eigenvalue weighted by Gasteiger charge is -2.14. The maximum Gasteiger partial charge on any atom is 0.281 e. The molecule has 0 unspecified atom stereocenters. The molecule has 0 spiro atoms. The number of methoxy groups -OCH3 is 3. The Labute approximate surface area is 194 Å². The minimum Gasteiger partial charge on any atom is -0.493 e. The smallest absolute Gasteiger partial charge is 0.281 e. The average molecular weight is 469 g/mol. The third kappa shape index (κ3) is 4.63. The van der Waals surface area contributed by atoms with Crippen molar-refractivity contribution in [3.05, 3.63) is 70.9 Å². The van der Waals surface area contributed by atoms with Crippen LogP contribution in [0, 0.1) is 0 Å². The molecule has 4 aromatic rings. The summed E-state index contributed by atoms with van der Waals surface area (Å²) in [6.45, 7) is 0.399. The van der Waals surface area contributed by atoms with Crippen LogP contribution in [0.3, 0.4) is 0 Å². The van der Waals surface area contributed by atoms with Crippen LogP contribution in [-0.4, -0.2) is 42.0 Å². The van der Waals surface area contributed by atoms with Gasteiger partial charge in [-0.25, -0.2) is 0 Å². The number of hydrogen-bond donors (Lipinski definition) is 1. The van der Waals surface area contributed by atoms with Crippen LogP contribution >= 0.6 is 11.6 Å². The van der Waals surface area contributed by atoms with Gasteiger partial charge in [-0.05, 0) is 42.0 Å². The molecule has 0 radical (unpaired) electrons. The first-order valence-corrected chi connectivity index (χ1v) is 10.3. The van der Waals surface area contributed by atoms with Crippen LogP contribution in [0.25, 0.3) is 11.6 Å². The maximum absolute atomic E-state index is 13.5. The molecule has 2 aromatic heterocycles. The van der Waals surface area contributed by atoms with E-state index in [1.807, 2.05) is 12.1 Å². The number of aromatic nitrogens is 3. The van der Waals surface area contributed by atoms with Gasteiger partial charge in [0.1, 0.15) is 0 Å². The second-order valence-corrected chi connectivity index (χ2v) is 7.28. The first-order chi connectivity index (χ1) is 16.0. The number of rotatable bonds is 8. The summed E-state index contributed by atoms with van der Waals surface area (Å²) in [4.78, 5) is 17.9. The lowest BCUT2D eigenvalue weighted by molar-refractivity contribution is 0.0946. The number of benzene rings is 2. The van der Waals surface area contributed by atoms with E-state index in [-0.39, 0.29) is 17.3 Å². The van der Waals surface area contributed by atoms with E-state index in [0.29, 0.717) is 34.6 Å². The van der Waals surface area contributed by atoms with Gasteiger partial charge in [0.15, 0.2) is 17.3 Å². The van der Waals surface area contributed by atoms with E-state index in [0.717, 1.165) is 5.56 Å². The Hall–Kier alpha value is -3.98. The van der Waals surface area contributed by atoms with E-state index in [2.05, 4.69) is 15.4 Å². The fourth-order valence-electron chi connectivity index (χ4n) is 3.19. The molecule has 0 aliphatic heterocycles. The van der Waals surface area contributed by atoms with Gasteiger partial charge in [0, 0.05) is 17.1 Å². The molecule has 33 heavy (non-hydrogen) atoms. The van der Waals surface area contributed by atoms with Gasteiger partial charge in [-0.3, -0.25) is 4.79 Å². The molecular formula is C23H21ClN4O5. The summed E-state index contributed by atoms with van der Waals surface area (Å²) in [5.41, 5.74) is 1.23. The van der Waals surface area contributed by atoms with Gasteiger partial charge in [-0.1, -0.05) is 23.7 Å². The van der Waals surface area contributed by atoms with Crippen molar-refractivity contribution in [3.63, 3.8) is 0 Å². The molecule has 9 nitrogen and oxygen atoms in total. The summed E-state index contributed by atoms with van der Waals surface area (Å²) in [6, 6.07) is 13.9. The number of ether oxygens (including phenoxy) is 3. The number of carbonyl (C=O) groups is 1. The largest absolute Gasteiger partial charge is 0.493 e. The molecule has 10 heteroatoms. The Kier molecular flexibility index (Phi) is 6.50. The lowest BCUT2D eigenvalue weighted by atomic mass is 10.1. The molecule has 4 rings (SSSR count). The van der Waals surface area contributed by atoms with Gasteiger partial charge in [0.05, 0.1) is 27.6 Å². The summed E-state index contributed by atoms with van der Waals surface area (Å²) < 4.78 is 22.7. The summed E-state index contributed by atoms with van der Waals surface area (Å²) >= 11 is 5.96. The highest BCUT2D eigenvalue weighted by Gasteiger charge is 2.23. The van der Waals surface area contributed by atoms with Crippen molar-refractivity contribution in [2.75, 3.05) is 26.6 Å². The monoisotopic (exact) mass is 468 g/mol. The molecule has 0 saturated heterocycles. The molecule has 1 N–H and O–H groups in total. The molecule has 0 aliphatic carbocycles. The Morgan fingerprint density at radius 2 is 1.76 bits per heavy atom. The van der Waals surface area contributed by atoms with Crippen LogP contribution < -0.4 is 19.5 Å². The molecule has 0 amide bonds. The second kappa shape index (κ2) is 9.66. The van der Waals surface area contributed by atoms with Crippen molar-refractivity contribution >= 4 is 23.5 Å². The van der Waals surface area contributed by atoms with E-state index in [4.69, 9.17) is 30.2 Å². The fourth-order valence-corrected chi connectivity index (χ4v) is 3.31. The number of hydrogen-bond acceptors (Lipinski definition) is 8. The van der Waals surface area contributed by atoms with E-state index in [1.165, 1.54) is 32.3 Å². The number of nitrogens with zero attached hydrogens (tertiary/aromatic N) is 3. The maximum atomic E-state index is 13.5. The third-order valence-corrected chi connectivity index (χ3v) is 5.07. The number of halogens is 1. The van der Waals surface area contributed by atoms with Crippen LogP contribution in [0.4, 0.5) is 5.95 Å². The minimum absolute atomic E-state index is 0.245. The number of carbonyl (C=O) groups excluding carboxylic acids is 1. The highest BCUT2D eigenvalue weighted by atomic mass is 35.5. The van der Waals surface area contributed by atoms with E-state index in [1.54, 1.807) is 36.4 Å². The summed E-state index contributed by atoms with van der Waals surface area (Å²) in [6.07, 6.45) is 1.51. The van der Waals surface area contributed by atoms with E-state index >= 15 is 0 Å². The molecule has 0 bridgehead atoms. The topological polar surface area (TPSA) is 101 Å². The number of furan rings is 1. The van der Waals surface area contributed by atoms with Crippen molar-refractivity contribution in [2.45, 2.75) is 6.54 Å². The first-order valence-electron chi connectivity index (χ1n) is 9.88. The summed E-state index contributed by atoms with van der Waals surface area (Å²) in [5, 5.41) is 8.17. The third-order valence-electron chi connectivity index (χ3n) is 4.82. The fraction of sp³-hybridized carbons (Fsp3) is 0.174. The van der Waals surface area contributed by atoms with Crippen LogP contribution in [0.5, 0.6) is 17.2 Å². The Morgan fingerprint density at radius 1 is 1.06 bits per heavy atom. The van der Waals surface area contributed by atoms with Crippen LogP contribution in [0.15, 0.2) is 59.2 Å². The first kappa shape index (κ1) is 22.2. The molecule has 0 atom stereocenters. The number of anilines is 1. The molecule has 170 valence electrons. The molecule has 0 fully saturated rings. The molecule has 0 aliphatic rings. The second-order valence-electron chi connectivity index (χ2n) is 6.85. The van der Waals surface area contributed by atoms with Crippen LogP contribution in [0.1, 0.15) is 15.9 Å². The zero-order valence-electron chi connectivity index (χ0n) is 18.2. The van der Waals surface area contributed by atoms with Crippen molar-refractivity contribution in [2.24, 2.45) is 0 Å². The average Bonchev–Trinajstić information content (AvgIpc) is 3.52. The Bertz CT molecular complexity index is 1230. The molecule has 0 saturated carbocycles. The van der Waals surface area contributed by atoms with Crippen LogP contribution in [-0.2, 0) is 6.54 Å². The highest BCUT2D eigenvalue weighted by molar-refractivity contribution is 6.30. The predicted molar refractivity (Wildman–Crippen MR) is 122 cm³/mol. The van der Waals surface area contributed by atoms with Crippen molar-refractivity contribution < 1.29 is 23.4 Å². The van der Waals surface area contributed by atoms with E-state index < -0.39 is 5.91 Å². The summed E-state index contributed by atoms with van der Waals surface area (Å²) in [7, 11) is 4.46. The van der Waals surface area contributed by atoms with Gasteiger partial charge in [-0.15, -0.1) is 5.10 Å². The predicted octanol–water partition coefficient (Wildman–Crippen LogP) is 4.52. The van der Waals surface area contributed by atoms with Crippen molar-refractivity contribution in [3.8, 4) is 28.8 Å². The SMILES string of the molecule is COc1cc(C(=O)n2nc(-c3ccco3)nc2NCc2ccc(Cl)cc2)cc(OC)c1OC. The zero-order valence-corrected chi connectivity index (χ0v) is 18.9. The Balaban J connectivity index is 1.72. The van der Waals surface area contributed by atoms with Gasteiger partial charge in [0.25, 0.3) is 5.91 Å². The van der Waals surface area contributed by atoms with Gasteiger partial charge in [0.2, 0.25) is 17.5 Å². The quantitative estimate of drug-likeness (QED) is 0.403. The highest BCUT2D eigenvalue weighted by Crippen LogP contribution is 2.38.